The summed E-state index contributed by atoms with van der Waals surface area (Å²) in [5.74, 6) is -0.0939. The van der Waals surface area contributed by atoms with Crippen LogP contribution < -0.4 is 0 Å². The number of aliphatic hydroxyl groups is 1. The van der Waals surface area contributed by atoms with Gasteiger partial charge in [-0.25, -0.2) is 0 Å². The van der Waals surface area contributed by atoms with Gasteiger partial charge in [0.1, 0.15) is 11.2 Å². The molecule has 0 amide bonds. The molecule has 19 heavy (non-hydrogen) atoms. The lowest BCUT2D eigenvalue weighted by Crippen LogP contribution is -2.70. The largest absolute Gasteiger partial charge is 0.458 e. The van der Waals surface area contributed by atoms with Gasteiger partial charge in [-0.15, -0.1) is 0 Å². The van der Waals surface area contributed by atoms with Gasteiger partial charge in [0.15, 0.2) is 5.78 Å². The SMILES string of the molecule is C[C@@H]1CCC23OC(=O)C[C@]12CC(=O)C(C)(O)C3(C)C. The van der Waals surface area contributed by atoms with Crippen molar-refractivity contribution in [1.29, 1.82) is 0 Å². The molecule has 106 valence electrons. The van der Waals surface area contributed by atoms with Crippen LogP contribution >= 0.6 is 0 Å². The van der Waals surface area contributed by atoms with Gasteiger partial charge in [0.25, 0.3) is 0 Å². The summed E-state index contributed by atoms with van der Waals surface area (Å²) < 4.78 is 5.79. The fourth-order valence-corrected chi connectivity index (χ4v) is 4.94. The molecule has 2 aliphatic carbocycles. The second kappa shape index (κ2) is 3.22. The third-order valence-corrected chi connectivity index (χ3v) is 6.67. The minimum Gasteiger partial charge on any atom is -0.458 e. The molecule has 0 aromatic carbocycles. The van der Waals surface area contributed by atoms with Gasteiger partial charge in [-0.3, -0.25) is 9.59 Å². The average Bonchev–Trinajstić information content (AvgIpc) is 2.71. The Morgan fingerprint density at radius 3 is 2.47 bits per heavy atom. The third kappa shape index (κ3) is 1.12. The molecule has 4 atom stereocenters. The molecule has 3 fully saturated rings. The van der Waals surface area contributed by atoms with E-state index in [0.29, 0.717) is 6.42 Å². The first-order valence-corrected chi connectivity index (χ1v) is 7.08. The van der Waals surface area contributed by atoms with Crippen LogP contribution in [-0.4, -0.2) is 28.1 Å². The predicted molar refractivity (Wildman–Crippen MR) is 68.3 cm³/mol. The zero-order chi connectivity index (χ0) is 14.3. The lowest BCUT2D eigenvalue weighted by atomic mass is 9.47. The summed E-state index contributed by atoms with van der Waals surface area (Å²) in [4.78, 5) is 24.4. The van der Waals surface area contributed by atoms with Crippen molar-refractivity contribution < 1.29 is 19.4 Å². The molecule has 4 heteroatoms. The molecule has 0 bridgehead atoms. The molecule has 0 spiro atoms. The van der Waals surface area contributed by atoms with Gasteiger partial charge in [0.05, 0.1) is 6.42 Å². The third-order valence-electron chi connectivity index (χ3n) is 6.67. The topological polar surface area (TPSA) is 63.6 Å². The van der Waals surface area contributed by atoms with Crippen molar-refractivity contribution in [2.24, 2.45) is 16.7 Å². The Bertz CT molecular complexity index is 479. The molecular formula is C15H22O4. The summed E-state index contributed by atoms with van der Waals surface area (Å²) in [6, 6.07) is 0. The molecule has 1 N–H and O–H groups in total. The normalized spacial score (nSPS) is 51.7. The van der Waals surface area contributed by atoms with E-state index < -0.39 is 22.0 Å². The Morgan fingerprint density at radius 1 is 1.21 bits per heavy atom. The number of ether oxygens (including phenoxy) is 1. The number of ketones is 1. The molecule has 3 rings (SSSR count). The minimum atomic E-state index is -1.44. The quantitative estimate of drug-likeness (QED) is 0.679. The van der Waals surface area contributed by atoms with Crippen LogP contribution in [0.3, 0.4) is 0 Å². The van der Waals surface area contributed by atoms with Gasteiger partial charge in [-0.1, -0.05) is 20.8 Å². The van der Waals surface area contributed by atoms with E-state index in [1.54, 1.807) is 6.92 Å². The van der Waals surface area contributed by atoms with Crippen LogP contribution in [0.15, 0.2) is 0 Å². The monoisotopic (exact) mass is 266 g/mol. The van der Waals surface area contributed by atoms with Crippen LogP contribution in [0.5, 0.6) is 0 Å². The van der Waals surface area contributed by atoms with Gasteiger partial charge in [-0.05, 0) is 25.7 Å². The van der Waals surface area contributed by atoms with E-state index in [4.69, 9.17) is 4.74 Å². The second-order valence-corrected chi connectivity index (χ2v) is 7.37. The van der Waals surface area contributed by atoms with Gasteiger partial charge in [-0.2, -0.15) is 0 Å². The Kier molecular flexibility index (Phi) is 2.22. The number of rotatable bonds is 0. The fourth-order valence-electron chi connectivity index (χ4n) is 4.94. The number of Topliss-reactive ketones (excluding diaryl/α,β-unsaturated/α-hetero) is 1. The lowest BCUT2D eigenvalue weighted by Gasteiger charge is -2.59. The maximum atomic E-state index is 12.4. The standard InChI is InChI=1S/C15H22O4/c1-9-5-6-15-12(2,3)13(4,18)10(16)7-14(9,15)8-11(17)19-15/h9,18H,5-8H2,1-4H3/t9-,13?,14-,15?/m1/s1. The summed E-state index contributed by atoms with van der Waals surface area (Å²) in [6.07, 6.45) is 2.27. The molecule has 0 aromatic rings. The molecule has 0 radical (unpaired) electrons. The van der Waals surface area contributed by atoms with E-state index in [1.165, 1.54) is 0 Å². The highest BCUT2D eigenvalue weighted by Crippen LogP contribution is 2.71. The summed E-state index contributed by atoms with van der Waals surface area (Å²) in [5.41, 5.74) is -3.29. The van der Waals surface area contributed by atoms with Crippen molar-refractivity contribution in [3.63, 3.8) is 0 Å². The lowest BCUT2D eigenvalue weighted by molar-refractivity contribution is -0.230. The highest BCUT2D eigenvalue weighted by Gasteiger charge is 2.78. The highest BCUT2D eigenvalue weighted by atomic mass is 16.6. The first-order valence-electron chi connectivity index (χ1n) is 7.08. The smallest absolute Gasteiger partial charge is 0.307 e. The molecule has 4 nitrogen and oxygen atoms in total. The number of carbonyl (C=O) groups is 2. The molecule has 0 aromatic heterocycles. The van der Waals surface area contributed by atoms with Gasteiger partial charge in [0, 0.05) is 17.3 Å². The van der Waals surface area contributed by atoms with Crippen molar-refractivity contribution in [2.45, 2.75) is 64.6 Å². The van der Waals surface area contributed by atoms with Crippen molar-refractivity contribution in [2.75, 3.05) is 0 Å². The van der Waals surface area contributed by atoms with E-state index in [1.807, 2.05) is 13.8 Å². The van der Waals surface area contributed by atoms with E-state index in [-0.39, 0.29) is 24.1 Å². The van der Waals surface area contributed by atoms with Crippen LogP contribution in [0.4, 0.5) is 0 Å². The fraction of sp³-hybridized carbons (Fsp3) is 0.867. The maximum absolute atomic E-state index is 12.4. The number of hydrogen-bond donors (Lipinski definition) is 1. The van der Waals surface area contributed by atoms with Crippen molar-refractivity contribution >= 4 is 11.8 Å². The first kappa shape index (κ1) is 13.1. The van der Waals surface area contributed by atoms with E-state index in [2.05, 4.69) is 6.92 Å². The molecule has 3 aliphatic rings. The molecule has 1 saturated heterocycles. The summed E-state index contributed by atoms with van der Waals surface area (Å²) >= 11 is 0. The van der Waals surface area contributed by atoms with E-state index in [0.717, 1.165) is 12.8 Å². The molecule has 1 aliphatic heterocycles. The zero-order valence-electron chi connectivity index (χ0n) is 12.1. The van der Waals surface area contributed by atoms with E-state index in [9.17, 15) is 14.7 Å². The van der Waals surface area contributed by atoms with Crippen LogP contribution in [0.2, 0.25) is 0 Å². The Hall–Kier alpha value is -0.900. The average molecular weight is 266 g/mol. The van der Waals surface area contributed by atoms with E-state index >= 15 is 0 Å². The van der Waals surface area contributed by atoms with Crippen LogP contribution in [0.25, 0.3) is 0 Å². The Labute approximate surface area is 113 Å². The Morgan fingerprint density at radius 2 is 1.84 bits per heavy atom. The summed E-state index contributed by atoms with van der Waals surface area (Å²) in [5, 5.41) is 10.7. The first-order chi connectivity index (χ1) is 8.61. The van der Waals surface area contributed by atoms with Gasteiger partial charge in [0.2, 0.25) is 0 Å². The van der Waals surface area contributed by atoms with Crippen LogP contribution in [0.1, 0.15) is 53.4 Å². The van der Waals surface area contributed by atoms with Crippen molar-refractivity contribution in [3.05, 3.63) is 0 Å². The van der Waals surface area contributed by atoms with Crippen LogP contribution in [-0.2, 0) is 14.3 Å². The second-order valence-electron chi connectivity index (χ2n) is 7.37. The summed E-state index contributed by atoms with van der Waals surface area (Å²) in [7, 11) is 0. The Balaban J connectivity index is 2.25. The molecule has 2 unspecified atom stereocenters. The highest BCUT2D eigenvalue weighted by molar-refractivity contribution is 5.92. The molecular weight excluding hydrogens is 244 g/mol. The molecule has 1 heterocycles. The minimum absolute atomic E-state index is 0.153. The van der Waals surface area contributed by atoms with Crippen LogP contribution in [0, 0.1) is 16.7 Å². The number of carbonyl (C=O) groups excluding carboxylic acids is 2. The maximum Gasteiger partial charge on any atom is 0.307 e. The van der Waals surface area contributed by atoms with Crippen molar-refractivity contribution in [1.82, 2.24) is 0 Å². The van der Waals surface area contributed by atoms with Gasteiger partial charge < -0.3 is 9.84 Å². The number of esters is 1. The zero-order valence-corrected chi connectivity index (χ0v) is 12.1. The molecule has 2 saturated carbocycles. The predicted octanol–water partition coefficient (Wildman–Crippen LogP) is 1.84. The summed E-state index contributed by atoms with van der Waals surface area (Å²) in [6.45, 7) is 7.42. The van der Waals surface area contributed by atoms with Gasteiger partial charge >= 0.3 is 5.97 Å². The number of hydrogen-bond acceptors (Lipinski definition) is 4. The van der Waals surface area contributed by atoms with Crippen molar-refractivity contribution in [3.8, 4) is 0 Å².